The van der Waals surface area contributed by atoms with Crippen LogP contribution in [0.25, 0.3) is 0 Å². The summed E-state index contributed by atoms with van der Waals surface area (Å²) in [4.78, 5) is 4.00. The third kappa shape index (κ3) is 1.34. The highest BCUT2D eigenvalue weighted by Crippen LogP contribution is 1.91. The summed E-state index contributed by atoms with van der Waals surface area (Å²) in [6.07, 6.45) is 3.36. The molecular formula is C6H10N4. The molecule has 4 nitrogen and oxygen atoms in total. The molecule has 1 rings (SSSR count). The molecule has 54 valence electrons. The van der Waals surface area contributed by atoms with Crippen LogP contribution < -0.4 is 5.73 Å². The summed E-state index contributed by atoms with van der Waals surface area (Å²) in [5.74, 6) is 0.538. The lowest BCUT2D eigenvalue weighted by atomic mass is 10.3. The third-order valence-electron chi connectivity index (χ3n) is 1.12. The van der Waals surface area contributed by atoms with E-state index in [4.69, 9.17) is 5.73 Å². The van der Waals surface area contributed by atoms with Gasteiger partial charge in [-0.2, -0.15) is 5.10 Å². The first kappa shape index (κ1) is 6.80. The van der Waals surface area contributed by atoms with Crippen molar-refractivity contribution in [3.05, 3.63) is 18.0 Å². The fraction of sp³-hybridized carbons (Fsp3) is 0.333. The average molecular weight is 138 g/mol. The van der Waals surface area contributed by atoms with Gasteiger partial charge in [-0.3, -0.25) is 10.1 Å². The average Bonchev–Trinajstić information content (AvgIpc) is 2.38. The number of nitrogens with zero attached hydrogens (tertiary/aromatic N) is 2. The molecule has 10 heavy (non-hydrogen) atoms. The number of nitrogens with two attached hydrogens (primary N) is 1. The van der Waals surface area contributed by atoms with Gasteiger partial charge >= 0.3 is 0 Å². The van der Waals surface area contributed by atoms with Crippen molar-refractivity contribution in [2.24, 2.45) is 10.7 Å². The first-order valence-electron chi connectivity index (χ1n) is 3.13. The van der Waals surface area contributed by atoms with E-state index in [-0.39, 0.29) is 0 Å². The Bertz CT molecular complexity index is 212. The smallest absolute Gasteiger partial charge is 0.128 e. The number of amidine groups is 1. The second-order valence-corrected chi connectivity index (χ2v) is 1.85. The van der Waals surface area contributed by atoms with Gasteiger partial charge in [-0.05, 0) is 6.92 Å². The molecule has 1 heterocycles. The molecule has 0 aliphatic carbocycles. The molecule has 0 spiro atoms. The number of nitrogens with one attached hydrogen (secondary N) is 1. The quantitative estimate of drug-likeness (QED) is 0.450. The molecule has 0 saturated heterocycles. The van der Waals surface area contributed by atoms with E-state index in [1.807, 2.05) is 6.92 Å². The number of rotatable bonds is 2. The predicted molar refractivity (Wildman–Crippen MR) is 39.9 cm³/mol. The van der Waals surface area contributed by atoms with Crippen LogP contribution in [0.15, 0.2) is 17.4 Å². The molecule has 0 amide bonds. The van der Waals surface area contributed by atoms with Gasteiger partial charge in [0.2, 0.25) is 0 Å². The van der Waals surface area contributed by atoms with E-state index >= 15 is 0 Å². The lowest BCUT2D eigenvalue weighted by Gasteiger charge is -1.91. The molecule has 0 atom stereocenters. The Morgan fingerprint density at radius 2 is 2.70 bits per heavy atom. The lowest BCUT2D eigenvalue weighted by molar-refractivity contribution is 1.09. The van der Waals surface area contributed by atoms with Crippen molar-refractivity contribution in [1.29, 1.82) is 0 Å². The van der Waals surface area contributed by atoms with E-state index in [0.29, 0.717) is 12.4 Å². The molecule has 0 unspecified atom stereocenters. The Morgan fingerprint density at radius 3 is 3.20 bits per heavy atom. The van der Waals surface area contributed by atoms with Gasteiger partial charge in [-0.15, -0.1) is 0 Å². The van der Waals surface area contributed by atoms with Gasteiger partial charge in [-0.25, -0.2) is 0 Å². The number of H-pyrrole nitrogens is 1. The molecule has 0 aliphatic heterocycles. The Balaban J connectivity index is 2.77. The standard InChI is InChI=1S/C6H10N4/c1-2-8-6(7)5-3-9-10-4-5/h3-4H,2H2,1H3,(H2,7,8)(H,9,10). The van der Waals surface area contributed by atoms with Gasteiger partial charge in [0.25, 0.3) is 0 Å². The zero-order valence-electron chi connectivity index (χ0n) is 5.83. The zero-order valence-corrected chi connectivity index (χ0v) is 5.83. The van der Waals surface area contributed by atoms with E-state index in [0.717, 1.165) is 5.56 Å². The summed E-state index contributed by atoms with van der Waals surface area (Å²) in [5, 5.41) is 6.40. The number of hydrogen-bond donors (Lipinski definition) is 2. The zero-order chi connectivity index (χ0) is 7.40. The van der Waals surface area contributed by atoms with Crippen LogP contribution in [0.2, 0.25) is 0 Å². The minimum atomic E-state index is 0.538. The second kappa shape index (κ2) is 3.00. The van der Waals surface area contributed by atoms with Crippen molar-refractivity contribution in [3.63, 3.8) is 0 Å². The number of aromatic nitrogens is 2. The largest absolute Gasteiger partial charge is 0.383 e. The molecule has 0 saturated carbocycles. The summed E-state index contributed by atoms with van der Waals surface area (Å²) in [6, 6.07) is 0. The van der Waals surface area contributed by atoms with Crippen LogP contribution in [0.4, 0.5) is 0 Å². The SMILES string of the molecule is CCN=C(N)c1cn[nH]c1. The van der Waals surface area contributed by atoms with Crippen molar-refractivity contribution >= 4 is 5.84 Å². The van der Waals surface area contributed by atoms with E-state index in [9.17, 15) is 0 Å². The Morgan fingerprint density at radius 1 is 1.90 bits per heavy atom. The summed E-state index contributed by atoms with van der Waals surface area (Å²) in [6.45, 7) is 2.64. The molecule has 1 aromatic rings. The van der Waals surface area contributed by atoms with Crippen LogP contribution in [0.3, 0.4) is 0 Å². The molecule has 4 heteroatoms. The molecule has 0 fully saturated rings. The maximum absolute atomic E-state index is 5.54. The molecule has 1 aromatic heterocycles. The third-order valence-corrected chi connectivity index (χ3v) is 1.12. The van der Waals surface area contributed by atoms with Gasteiger partial charge in [0, 0.05) is 12.7 Å². The summed E-state index contributed by atoms with van der Waals surface area (Å²) < 4.78 is 0. The fourth-order valence-corrected chi connectivity index (χ4v) is 0.653. The van der Waals surface area contributed by atoms with Gasteiger partial charge < -0.3 is 5.73 Å². The van der Waals surface area contributed by atoms with Crippen molar-refractivity contribution in [2.75, 3.05) is 6.54 Å². The predicted octanol–water partition coefficient (Wildman–Crippen LogP) is 0.135. The minimum absolute atomic E-state index is 0.538. The Hall–Kier alpha value is -1.32. The van der Waals surface area contributed by atoms with Crippen LogP contribution in [-0.4, -0.2) is 22.6 Å². The number of hydrogen-bond acceptors (Lipinski definition) is 2. The lowest BCUT2D eigenvalue weighted by Crippen LogP contribution is -2.12. The second-order valence-electron chi connectivity index (χ2n) is 1.85. The van der Waals surface area contributed by atoms with Gasteiger partial charge in [0.1, 0.15) is 5.84 Å². The monoisotopic (exact) mass is 138 g/mol. The molecule has 0 bridgehead atoms. The number of aromatic amines is 1. The highest BCUT2D eigenvalue weighted by atomic mass is 15.1. The fourth-order valence-electron chi connectivity index (χ4n) is 0.653. The van der Waals surface area contributed by atoms with Crippen LogP contribution in [-0.2, 0) is 0 Å². The van der Waals surface area contributed by atoms with E-state index in [2.05, 4.69) is 15.2 Å². The maximum Gasteiger partial charge on any atom is 0.128 e. The first-order chi connectivity index (χ1) is 4.84. The molecule has 0 aromatic carbocycles. The van der Waals surface area contributed by atoms with Crippen LogP contribution in [0.5, 0.6) is 0 Å². The normalized spacial score (nSPS) is 11.9. The van der Waals surface area contributed by atoms with Crippen molar-refractivity contribution in [1.82, 2.24) is 10.2 Å². The van der Waals surface area contributed by atoms with Crippen molar-refractivity contribution in [2.45, 2.75) is 6.92 Å². The van der Waals surface area contributed by atoms with E-state index in [1.54, 1.807) is 12.4 Å². The van der Waals surface area contributed by atoms with Crippen LogP contribution in [0, 0.1) is 0 Å². The molecule has 0 radical (unpaired) electrons. The maximum atomic E-state index is 5.54. The van der Waals surface area contributed by atoms with Gasteiger partial charge in [0.05, 0.1) is 11.8 Å². The Labute approximate surface area is 59.2 Å². The Kier molecular flexibility index (Phi) is 2.04. The molecule has 3 N–H and O–H groups in total. The van der Waals surface area contributed by atoms with Crippen molar-refractivity contribution in [3.8, 4) is 0 Å². The van der Waals surface area contributed by atoms with E-state index in [1.165, 1.54) is 0 Å². The van der Waals surface area contributed by atoms with Crippen molar-refractivity contribution < 1.29 is 0 Å². The first-order valence-corrected chi connectivity index (χ1v) is 3.13. The minimum Gasteiger partial charge on any atom is -0.383 e. The molecular weight excluding hydrogens is 128 g/mol. The molecule has 0 aliphatic rings. The van der Waals surface area contributed by atoms with Crippen LogP contribution in [0.1, 0.15) is 12.5 Å². The topological polar surface area (TPSA) is 67.1 Å². The summed E-state index contributed by atoms with van der Waals surface area (Å²) >= 11 is 0. The van der Waals surface area contributed by atoms with Gasteiger partial charge in [-0.1, -0.05) is 0 Å². The summed E-state index contributed by atoms with van der Waals surface area (Å²) in [5.41, 5.74) is 6.39. The number of aliphatic imine (C=N–C) groups is 1. The summed E-state index contributed by atoms with van der Waals surface area (Å²) in [7, 11) is 0. The van der Waals surface area contributed by atoms with E-state index < -0.39 is 0 Å². The van der Waals surface area contributed by atoms with Gasteiger partial charge in [0.15, 0.2) is 0 Å². The van der Waals surface area contributed by atoms with Crippen LogP contribution >= 0.6 is 0 Å². The highest BCUT2D eigenvalue weighted by Gasteiger charge is 1.95. The highest BCUT2D eigenvalue weighted by molar-refractivity contribution is 5.96.